The smallest absolute Gasteiger partial charge is 2.00 e. The van der Waals surface area contributed by atoms with Crippen LogP contribution in [0.1, 0.15) is 0 Å². The van der Waals surface area contributed by atoms with Crippen LogP contribution in [0.5, 0.6) is 0 Å². The Morgan fingerprint density at radius 3 is 0.750 bits per heavy atom. The Balaban J connectivity index is 0. The van der Waals surface area contributed by atoms with Gasteiger partial charge in [0.2, 0.25) is 0 Å². The zero-order valence-electron chi connectivity index (χ0n) is 1.58. The molecule has 26 valence electrons. The summed E-state index contributed by atoms with van der Waals surface area (Å²) >= 11 is 0. The topological polar surface area (TPSA) is 57.0 Å². The summed E-state index contributed by atoms with van der Waals surface area (Å²) < 4.78 is 0. The zero-order valence-corrected chi connectivity index (χ0v) is 3.50. The third kappa shape index (κ3) is 14.3. The molecule has 0 saturated carbocycles. The van der Waals surface area contributed by atoms with Gasteiger partial charge in [0.25, 0.3) is 0 Å². The average molecular weight is 120 g/mol. The molecule has 0 aromatic carbocycles. The van der Waals surface area contributed by atoms with Crippen molar-refractivity contribution in [2.75, 3.05) is 0 Å². The molecule has 0 fully saturated rings. The molecule has 0 aliphatic carbocycles. The van der Waals surface area contributed by atoms with Crippen LogP contribution in [0.3, 0.4) is 0 Å². The van der Waals surface area contributed by atoms with E-state index in [1.54, 1.807) is 0 Å². The molecule has 0 heterocycles. The largest absolute Gasteiger partial charge is 2.00 e. The standard InChI is InChI=1S/Fe.2O.S/q+2;2*-2;+2. The maximum Gasteiger partial charge on any atom is 2.00 e. The van der Waals surface area contributed by atoms with E-state index >= 15 is 0 Å². The van der Waals surface area contributed by atoms with E-state index in [9.17, 15) is 0 Å². The molecule has 0 atom stereocenters. The predicted octanol–water partition coefficient (Wildman–Crippen LogP) is -0.243. The van der Waals surface area contributed by atoms with Gasteiger partial charge < -0.3 is 11.0 Å². The molecule has 0 spiro atoms. The molecule has 0 rings (SSSR count). The predicted molar refractivity (Wildman–Crippen MR) is 8.74 cm³/mol. The van der Waals surface area contributed by atoms with Crippen LogP contribution >= 0.6 is 0 Å². The second kappa shape index (κ2) is 47.3. The summed E-state index contributed by atoms with van der Waals surface area (Å²) in [5.74, 6) is 0. The molecule has 0 aromatic rings. The van der Waals surface area contributed by atoms with Crippen molar-refractivity contribution in [1.29, 1.82) is 0 Å². The minimum atomic E-state index is 0. The zero-order chi connectivity index (χ0) is 0. The van der Waals surface area contributed by atoms with Crippen molar-refractivity contribution in [1.82, 2.24) is 0 Å². The van der Waals surface area contributed by atoms with Crippen LogP contribution in [0.4, 0.5) is 0 Å². The van der Waals surface area contributed by atoms with Gasteiger partial charge in [-0.25, -0.2) is 0 Å². The van der Waals surface area contributed by atoms with E-state index in [4.69, 9.17) is 0 Å². The van der Waals surface area contributed by atoms with E-state index in [0.29, 0.717) is 0 Å². The van der Waals surface area contributed by atoms with Gasteiger partial charge in [0, 0.05) is 0 Å². The fourth-order valence-electron chi connectivity index (χ4n) is 0. The van der Waals surface area contributed by atoms with Crippen LogP contribution in [-0.4, -0.2) is 0 Å². The molecule has 2 nitrogen and oxygen atoms in total. The summed E-state index contributed by atoms with van der Waals surface area (Å²) in [6.45, 7) is 0. The van der Waals surface area contributed by atoms with E-state index in [2.05, 4.69) is 0 Å². The molecular weight excluding hydrogens is 120 g/mol. The third-order valence-electron chi connectivity index (χ3n) is 0. The van der Waals surface area contributed by atoms with Crippen molar-refractivity contribution in [3.05, 3.63) is 0 Å². The maximum absolute atomic E-state index is 0. The third-order valence-corrected chi connectivity index (χ3v) is 0. The van der Waals surface area contributed by atoms with E-state index < -0.39 is 0 Å². The van der Waals surface area contributed by atoms with Gasteiger partial charge in [0.05, 0.1) is 0 Å². The minimum absolute atomic E-state index is 0. The molecule has 0 unspecified atom stereocenters. The van der Waals surface area contributed by atoms with Crippen LogP contribution in [0.25, 0.3) is 0 Å². The quantitative estimate of drug-likeness (QED) is 0.396. The van der Waals surface area contributed by atoms with Crippen LogP contribution in [0.15, 0.2) is 0 Å². The van der Waals surface area contributed by atoms with Crippen molar-refractivity contribution < 1.29 is 28.0 Å². The average Bonchev–Trinajstić information content (AvgIpc) is 0. The molecule has 0 saturated heterocycles. The summed E-state index contributed by atoms with van der Waals surface area (Å²) in [6, 6.07) is 0. The monoisotopic (exact) mass is 120 g/mol. The summed E-state index contributed by atoms with van der Waals surface area (Å²) in [5.41, 5.74) is 0. The van der Waals surface area contributed by atoms with Crippen LogP contribution in [-0.2, 0) is 41.5 Å². The van der Waals surface area contributed by atoms with E-state index in [0.717, 1.165) is 0 Å². The molecule has 4 heavy (non-hydrogen) atoms. The molecule has 0 aliphatic heterocycles. The molecule has 0 aromatic heterocycles. The van der Waals surface area contributed by atoms with Crippen LogP contribution in [0.2, 0.25) is 0 Å². The van der Waals surface area contributed by atoms with Gasteiger partial charge >= 0.3 is 30.6 Å². The summed E-state index contributed by atoms with van der Waals surface area (Å²) in [6.07, 6.45) is 0. The molecule has 4 heteroatoms. The fourth-order valence-corrected chi connectivity index (χ4v) is 0. The Morgan fingerprint density at radius 1 is 0.750 bits per heavy atom. The minimum Gasteiger partial charge on any atom is -2.00 e. The van der Waals surface area contributed by atoms with Gasteiger partial charge in [-0.05, 0) is 0 Å². The van der Waals surface area contributed by atoms with Crippen LogP contribution in [0, 0.1) is 0 Å². The first-order valence-electron chi connectivity index (χ1n) is 0. The Morgan fingerprint density at radius 2 is 0.750 bits per heavy atom. The Bertz CT molecular complexity index is 6.00. The molecule has 0 amide bonds. The van der Waals surface area contributed by atoms with Gasteiger partial charge in [-0.15, -0.1) is 0 Å². The number of hydrogen-bond donors (Lipinski definition) is 0. The summed E-state index contributed by atoms with van der Waals surface area (Å²) in [7, 11) is 0. The van der Waals surface area contributed by atoms with Crippen molar-refractivity contribution in [3.8, 4) is 0 Å². The van der Waals surface area contributed by atoms with Crippen molar-refractivity contribution >= 4 is 13.5 Å². The van der Waals surface area contributed by atoms with E-state index in [-0.39, 0.29) is 41.5 Å². The first kappa shape index (κ1) is 110. The molecular formula is FeO2S. The molecule has 0 aliphatic rings. The second-order valence-electron chi connectivity index (χ2n) is 0. The molecule has 0 bridgehead atoms. The van der Waals surface area contributed by atoms with Gasteiger partial charge in [-0.1, -0.05) is 0 Å². The SMILES string of the molecule is [Fe+2].[O-2].[O-2].[S+2]. The first-order valence-corrected chi connectivity index (χ1v) is 0. The molecule has 4 radical (unpaired) electrons. The van der Waals surface area contributed by atoms with Gasteiger partial charge in [0.1, 0.15) is 0 Å². The van der Waals surface area contributed by atoms with Crippen molar-refractivity contribution in [2.24, 2.45) is 0 Å². The first-order chi connectivity index (χ1) is 0. The van der Waals surface area contributed by atoms with Gasteiger partial charge in [0.15, 0.2) is 0 Å². The van der Waals surface area contributed by atoms with Crippen molar-refractivity contribution in [2.45, 2.75) is 0 Å². The molecule has 0 N–H and O–H groups in total. The van der Waals surface area contributed by atoms with Crippen LogP contribution < -0.4 is 0 Å². The number of rotatable bonds is 0. The van der Waals surface area contributed by atoms with Gasteiger partial charge in [-0.3, -0.25) is 0 Å². The maximum atomic E-state index is 0. The Kier molecular flexibility index (Phi) is 1310. The second-order valence-corrected chi connectivity index (χ2v) is 0. The summed E-state index contributed by atoms with van der Waals surface area (Å²) in [5, 5.41) is 0. The normalized spacial score (nSPS) is 0. The van der Waals surface area contributed by atoms with E-state index in [1.165, 1.54) is 0 Å². The summed E-state index contributed by atoms with van der Waals surface area (Å²) in [4.78, 5) is 0. The van der Waals surface area contributed by atoms with Gasteiger partial charge in [-0.2, -0.15) is 0 Å². The van der Waals surface area contributed by atoms with E-state index in [1.807, 2.05) is 0 Å². The fraction of sp³-hybridized carbons (Fsp3) is 0. The van der Waals surface area contributed by atoms with Crippen molar-refractivity contribution in [3.63, 3.8) is 0 Å². The number of hydrogen-bond acceptors (Lipinski definition) is 0. The Labute approximate surface area is 42.1 Å². The Hall–Kier alpha value is 0.789.